The minimum atomic E-state index is 0. The number of rotatable bonds is 3. The quantitative estimate of drug-likeness (QED) is 0.712. The first kappa shape index (κ1) is 11.7. The maximum Gasteiger partial charge on any atom is 0.223 e. The fourth-order valence-corrected chi connectivity index (χ4v) is 1.36. The largest absolute Gasteiger partial charge is 0.343 e. The molecular formula is C8H17ClN2O. The molecule has 0 spiro atoms. The van der Waals surface area contributed by atoms with E-state index in [1.54, 1.807) is 0 Å². The number of amides is 1. The van der Waals surface area contributed by atoms with Crippen molar-refractivity contribution in [1.82, 2.24) is 10.2 Å². The van der Waals surface area contributed by atoms with Crippen molar-refractivity contribution in [2.75, 3.05) is 26.7 Å². The van der Waals surface area contributed by atoms with Gasteiger partial charge in [0.1, 0.15) is 0 Å². The first-order valence-corrected chi connectivity index (χ1v) is 4.27. The van der Waals surface area contributed by atoms with Gasteiger partial charge in [-0.3, -0.25) is 4.79 Å². The summed E-state index contributed by atoms with van der Waals surface area (Å²) in [5.41, 5.74) is 0. The van der Waals surface area contributed by atoms with Crippen LogP contribution in [0.5, 0.6) is 0 Å². The van der Waals surface area contributed by atoms with Crippen LogP contribution in [0.15, 0.2) is 0 Å². The summed E-state index contributed by atoms with van der Waals surface area (Å²) in [6, 6.07) is 0. The first-order chi connectivity index (χ1) is 5.34. The molecule has 0 bridgehead atoms. The molecule has 72 valence electrons. The van der Waals surface area contributed by atoms with Crippen molar-refractivity contribution in [2.24, 2.45) is 0 Å². The molecule has 4 heteroatoms. The van der Waals surface area contributed by atoms with Gasteiger partial charge in [-0.15, -0.1) is 12.4 Å². The van der Waals surface area contributed by atoms with Crippen LogP contribution in [0.3, 0.4) is 0 Å². The smallest absolute Gasteiger partial charge is 0.223 e. The summed E-state index contributed by atoms with van der Waals surface area (Å²) in [6.07, 6.45) is 3.02. The Morgan fingerprint density at radius 2 is 2.00 bits per heavy atom. The third kappa shape index (κ3) is 3.41. The third-order valence-electron chi connectivity index (χ3n) is 2.05. The molecule has 1 rings (SSSR count). The molecule has 0 radical (unpaired) electrons. The zero-order valence-corrected chi connectivity index (χ0v) is 8.32. The van der Waals surface area contributed by atoms with Crippen molar-refractivity contribution < 1.29 is 4.79 Å². The Kier molecular flexibility index (Phi) is 6.11. The minimum Gasteiger partial charge on any atom is -0.343 e. The monoisotopic (exact) mass is 192 g/mol. The Labute approximate surface area is 79.9 Å². The highest BCUT2D eigenvalue weighted by Gasteiger charge is 2.16. The van der Waals surface area contributed by atoms with Gasteiger partial charge >= 0.3 is 0 Å². The van der Waals surface area contributed by atoms with Gasteiger partial charge in [0.25, 0.3) is 0 Å². The summed E-state index contributed by atoms with van der Waals surface area (Å²) in [5, 5.41) is 2.97. The number of halogens is 1. The molecular weight excluding hydrogens is 176 g/mol. The lowest BCUT2D eigenvalue weighted by molar-refractivity contribution is -0.129. The number of nitrogens with one attached hydrogen (secondary N) is 1. The molecule has 0 unspecified atom stereocenters. The lowest BCUT2D eigenvalue weighted by Gasteiger charge is -2.14. The second-order valence-electron chi connectivity index (χ2n) is 2.94. The van der Waals surface area contributed by atoms with E-state index in [-0.39, 0.29) is 12.4 Å². The van der Waals surface area contributed by atoms with Crippen LogP contribution in [0.1, 0.15) is 19.3 Å². The van der Waals surface area contributed by atoms with Gasteiger partial charge in [0.15, 0.2) is 0 Å². The van der Waals surface area contributed by atoms with E-state index >= 15 is 0 Å². The van der Waals surface area contributed by atoms with Crippen LogP contribution in [0.25, 0.3) is 0 Å². The molecule has 0 saturated carbocycles. The summed E-state index contributed by atoms with van der Waals surface area (Å²) in [7, 11) is 1.87. The van der Waals surface area contributed by atoms with Crippen molar-refractivity contribution in [3.8, 4) is 0 Å². The first-order valence-electron chi connectivity index (χ1n) is 4.27. The molecule has 0 atom stereocenters. The van der Waals surface area contributed by atoms with Gasteiger partial charge in [0.2, 0.25) is 5.91 Å². The fourth-order valence-electron chi connectivity index (χ4n) is 1.36. The topological polar surface area (TPSA) is 32.3 Å². The Hall–Kier alpha value is -0.280. The summed E-state index contributed by atoms with van der Waals surface area (Å²) in [5.74, 6) is 0.303. The van der Waals surface area contributed by atoms with Crippen molar-refractivity contribution in [3.63, 3.8) is 0 Å². The summed E-state index contributed by atoms with van der Waals surface area (Å²) >= 11 is 0. The van der Waals surface area contributed by atoms with Crippen molar-refractivity contribution in [1.29, 1.82) is 0 Å². The zero-order chi connectivity index (χ0) is 8.10. The molecule has 0 aromatic carbocycles. The maximum absolute atomic E-state index is 11.3. The Morgan fingerprint density at radius 3 is 2.50 bits per heavy atom. The van der Waals surface area contributed by atoms with E-state index in [1.165, 1.54) is 12.8 Å². The van der Waals surface area contributed by atoms with E-state index < -0.39 is 0 Å². The normalized spacial score (nSPS) is 15.9. The third-order valence-corrected chi connectivity index (χ3v) is 2.05. The van der Waals surface area contributed by atoms with Crippen LogP contribution in [0.2, 0.25) is 0 Å². The van der Waals surface area contributed by atoms with E-state index in [2.05, 4.69) is 5.32 Å². The highest BCUT2D eigenvalue weighted by atomic mass is 35.5. The fraction of sp³-hybridized carbons (Fsp3) is 0.875. The molecule has 1 heterocycles. The Balaban J connectivity index is 0.00000121. The molecule has 1 aliphatic heterocycles. The van der Waals surface area contributed by atoms with Crippen molar-refractivity contribution in [3.05, 3.63) is 0 Å². The van der Waals surface area contributed by atoms with Crippen LogP contribution in [-0.2, 0) is 4.79 Å². The second kappa shape index (κ2) is 6.26. The molecule has 1 amide bonds. The van der Waals surface area contributed by atoms with Crippen LogP contribution in [-0.4, -0.2) is 37.5 Å². The van der Waals surface area contributed by atoms with Gasteiger partial charge in [-0.1, -0.05) is 0 Å². The van der Waals surface area contributed by atoms with Crippen LogP contribution in [0.4, 0.5) is 0 Å². The van der Waals surface area contributed by atoms with E-state index in [1.807, 2.05) is 11.9 Å². The van der Waals surface area contributed by atoms with E-state index in [0.717, 1.165) is 19.6 Å². The van der Waals surface area contributed by atoms with Gasteiger partial charge in [0, 0.05) is 26.1 Å². The second-order valence-corrected chi connectivity index (χ2v) is 2.94. The maximum atomic E-state index is 11.3. The van der Waals surface area contributed by atoms with E-state index in [4.69, 9.17) is 0 Å². The standard InChI is InChI=1S/C8H16N2O.ClH/c1-9-5-4-8(11)10-6-2-3-7-10;/h9H,2-7H2,1H3;1H. The molecule has 1 saturated heterocycles. The minimum absolute atomic E-state index is 0. The van der Waals surface area contributed by atoms with E-state index in [9.17, 15) is 4.79 Å². The van der Waals surface area contributed by atoms with Gasteiger partial charge in [0.05, 0.1) is 0 Å². The molecule has 3 nitrogen and oxygen atoms in total. The lowest BCUT2D eigenvalue weighted by atomic mass is 10.4. The average Bonchev–Trinajstić information content (AvgIpc) is 2.52. The van der Waals surface area contributed by atoms with E-state index in [0.29, 0.717) is 12.3 Å². The van der Waals surface area contributed by atoms with Gasteiger partial charge in [-0.05, 0) is 19.9 Å². The number of nitrogens with zero attached hydrogens (tertiary/aromatic N) is 1. The molecule has 0 aromatic heterocycles. The molecule has 0 aliphatic carbocycles. The Bertz CT molecular complexity index is 135. The van der Waals surface area contributed by atoms with Crippen LogP contribution in [0, 0.1) is 0 Å². The molecule has 1 N–H and O–H groups in total. The van der Waals surface area contributed by atoms with Crippen molar-refractivity contribution in [2.45, 2.75) is 19.3 Å². The molecule has 12 heavy (non-hydrogen) atoms. The molecule has 1 fully saturated rings. The van der Waals surface area contributed by atoms with Crippen molar-refractivity contribution >= 4 is 18.3 Å². The van der Waals surface area contributed by atoms with Gasteiger partial charge < -0.3 is 10.2 Å². The number of carbonyl (C=O) groups is 1. The number of hydrogen-bond acceptors (Lipinski definition) is 2. The predicted molar refractivity (Wildman–Crippen MR) is 51.6 cm³/mol. The number of carbonyl (C=O) groups excluding carboxylic acids is 1. The summed E-state index contributed by atoms with van der Waals surface area (Å²) in [4.78, 5) is 13.2. The number of likely N-dealkylation sites (tertiary alicyclic amines) is 1. The molecule has 1 aliphatic rings. The summed E-state index contributed by atoms with van der Waals surface area (Å²) < 4.78 is 0. The lowest BCUT2D eigenvalue weighted by Crippen LogP contribution is -2.29. The number of hydrogen-bond donors (Lipinski definition) is 1. The van der Waals surface area contributed by atoms with Crippen LogP contribution >= 0.6 is 12.4 Å². The SMILES string of the molecule is CNCCC(=O)N1CCCC1.Cl. The predicted octanol–water partition coefficient (Wildman–Crippen LogP) is 0.640. The van der Waals surface area contributed by atoms with Crippen LogP contribution < -0.4 is 5.32 Å². The average molecular weight is 193 g/mol. The highest BCUT2D eigenvalue weighted by Crippen LogP contribution is 2.08. The zero-order valence-electron chi connectivity index (χ0n) is 7.51. The van der Waals surface area contributed by atoms with Gasteiger partial charge in [-0.2, -0.15) is 0 Å². The summed E-state index contributed by atoms with van der Waals surface area (Å²) in [6.45, 7) is 2.75. The van der Waals surface area contributed by atoms with Gasteiger partial charge in [-0.25, -0.2) is 0 Å². The highest BCUT2D eigenvalue weighted by molar-refractivity contribution is 5.85. The molecule has 0 aromatic rings. The Morgan fingerprint density at radius 1 is 1.42 bits per heavy atom.